The van der Waals surface area contributed by atoms with Crippen LogP contribution < -0.4 is 0 Å². The van der Waals surface area contributed by atoms with E-state index in [0.717, 1.165) is 0 Å². The molecule has 0 aromatic rings. The number of rotatable bonds is 4. The van der Waals surface area contributed by atoms with Crippen LogP contribution in [0.5, 0.6) is 0 Å². The number of hydrogen-bond acceptors (Lipinski definition) is 4. The molecule has 4 heteroatoms. The third-order valence-electron chi connectivity index (χ3n) is 2.42. The summed E-state index contributed by atoms with van der Waals surface area (Å²) in [5, 5.41) is 17.7. The van der Waals surface area contributed by atoms with Gasteiger partial charge in [-0.25, -0.2) is 0 Å². The van der Waals surface area contributed by atoms with Crippen LogP contribution in [0, 0.1) is 11.3 Å². The standard InChI is InChI=1S/C8H14O4/c1-2-12-7(11)8(5-10)3-6(8)4-9/h6,9-10H,2-5H2,1H3. The van der Waals surface area contributed by atoms with Gasteiger partial charge < -0.3 is 14.9 Å². The zero-order valence-corrected chi connectivity index (χ0v) is 7.12. The second kappa shape index (κ2) is 3.41. The van der Waals surface area contributed by atoms with E-state index in [0.29, 0.717) is 13.0 Å². The van der Waals surface area contributed by atoms with Crippen molar-refractivity contribution in [2.75, 3.05) is 19.8 Å². The van der Waals surface area contributed by atoms with E-state index in [-0.39, 0.29) is 25.1 Å². The molecule has 0 amide bonds. The molecule has 0 heterocycles. The van der Waals surface area contributed by atoms with Crippen LogP contribution in [0.15, 0.2) is 0 Å². The van der Waals surface area contributed by atoms with Crippen LogP contribution >= 0.6 is 0 Å². The van der Waals surface area contributed by atoms with Crippen LogP contribution in [0.4, 0.5) is 0 Å². The van der Waals surface area contributed by atoms with Gasteiger partial charge in [-0.3, -0.25) is 4.79 Å². The Labute approximate surface area is 71.2 Å². The Morgan fingerprint density at radius 3 is 2.67 bits per heavy atom. The molecule has 4 nitrogen and oxygen atoms in total. The number of esters is 1. The lowest BCUT2D eigenvalue weighted by molar-refractivity contribution is -0.152. The van der Waals surface area contributed by atoms with Gasteiger partial charge in [0.25, 0.3) is 0 Å². The monoisotopic (exact) mass is 174 g/mol. The molecule has 0 aromatic heterocycles. The molecule has 0 spiro atoms. The predicted molar refractivity (Wildman–Crippen MR) is 41.3 cm³/mol. The predicted octanol–water partition coefficient (Wildman–Crippen LogP) is -0.460. The molecule has 1 aliphatic rings. The van der Waals surface area contributed by atoms with E-state index in [1.807, 2.05) is 0 Å². The van der Waals surface area contributed by atoms with Crippen LogP contribution in [0.1, 0.15) is 13.3 Å². The molecule has 1 fully saturated rings. The van der Waals surface area contributed by atoms with Gasteiger partial charge in [0.05, 0.1) is 18.6 Å². The zero-order valence-electron chi connectivity index (χ0n) is 7.12. The van der Waals surface area contributed by atoms with Crippen molar-refractivity contribution in [2.45, 2.75) is 13.3 Å². The largest absolute Gasteiger partial charge is 0.465 e. The minimum absolute atomic E-state index is 0.0562. The fourth-order valence-corrected chi connectivity index (χ4v) is 1.40. The first-order chi connectivity index (χ1) is 5.71. The van der Waals surface area contributed by atoms with Gasteiger partial charge >= 0.3 is 5.97 Å². The van der Waals surface area contributed by atoms with Crippen LogP contribution in [0.25, 0.3) is 0 Å². The van der Waals surface area contributed by atoms with Crippen molar-refractivity contribution in [3.05, 3.63) is 0 Å². The summed E-state index contributed by atoms with van der Waals surface area (Å²) in [4.78, 5) is 11.2. The highest BCUT2D eigenvalue weighted by Gasteiger charge is 2.60. The van der Waals surface area contributed by atoms with Gasteiger partial charge in [-0.1, -0.05) is 0 Å². The molecule has 2 unspecified atom stereocenters. The molecule has 1 saturated carbocycles. The van der Waals surface area contributed by atoms with Gasteiger partial charge in [-0.05, 0) is 13.3 Å². The molecule has 0 saturated heterocycles. The molecule has 0 aromatic carbocycles. The van der Waals surface area contributed by atoms with E-state index < -0.39 is 5.41 Å². The summed E-state index contributed by atoms with van der Waals surface area (Å²) >= 11 is 0. The fourth-order valence-electron chi connectivity index (χ4n) is 1.40. The third kappa shape index (κ3) is 1.32. The summed E-state index contributed by atoms with van der Waals surface area (Å²) in [6.07, 6.45) is 0.541. The third-order valence-corrected chi connectivity index (χ3v) is 2.42. The summed E-state index contributed by atoms with van der Waals surface area (Å²) in [6, 6.07) is 0. The highest BCUT2D eigenvalue weighted by Crippen LogP contribution is 2.52. The maximum absolute atomic E-state index is 11.2. The average molecular weight is 174 g/mol. The van der Waals surface area contributed by atoms with Crippen molar-refractivity contribution in [3.63, 3.8) is 0 Å². The van der Waals surface area contributed by atoms with Crippen LogP contribution in [0.2, 0.25) is 0 Å². The highest BCUT2D eigenvalue weighted by atomic mass is 16.5. The van der Waals surface area contributed by atoms with E-state index in [4.69, 9.17) is 14.9 Å². The summed E-state index contributed by atoms with van der Waals surface area (Å²) in [5.74, 6) is -0.492. The first kappa shape index (κ1) is 9.48. The lowest BCUT2D eigenvalue weighted by Crippen LogP contribution is -2.25. The van der Waals surface area contributed by atoms with Gasteiger partial charge in [0.15, 0.2) is 0 Å². The highest BCUT2D eigenvalue weighted by molar-refractivity contribution is 5.80. The van der Waals surface area contributed by atoms with Crippen molar-refractivity contribution in [3.8, 4) is 0 Å². The molecule has 70 valence electrons. The second-order valence-corrected chi connectivity index (χ2v) is 3.12. The number of carbonyl (C=O) groups is 1. The van der Waals surface area contributed by atoms with Crippen LogP contribution in [-0.4, -0.2) is 36.0 Å². The normalized spacial score (nSPS) is 33.1. The maximum Gasteiger partial charge on any atom is 0.314 e. The summed E-state index contributed by atoms with van der Waals surface area (Å²) in [6.45, 7) is 1.76. The zero-order chi connectivity index (χ0) is 9.19. The van der Waals surface area contributed by atoms with Crippen molar-refractivity contribution in [2.24, 2.45) is 11.3 Å². The minimum atomic E-state index is -0.787. The molecule has 1 aliphatic carbocycles. The first-order valence-electron chi connectivity index (χ1n) is 4.10. The Kier molecular flexibility index (Phi) is 2.69. The molecule has 0 aliphatic heterocycles. The maximum atomic E-state index is 11.2. The lowest BCUT2D eigenvalue weighted by atomic mass is 10.1. The van der Waals surface area contributed by atoms with E-state index in [2.05, 4.69) is 0 Å². The molecular weight excluding hydrogens is 160 g/mol. The van der Waals surface area contributed by atoms with Crippen molar-refractivity contribution in [1.29, 1.82) is 0 Å². The lowest BCUT2D eigenvalue weighted by Gasteiger charge is -2.11. The molecule has 12 heavy (non-hydrogen) atoms. The average Bonchev–Trinajstić information content (AvgIpc) is 2.80. The van der Waals surface area contributed by atoms with Crippen molar-refractivity contribution < 1.29 is 19.7 Å². The molecule has 0 radical (unpaired) electrons. The summed E-state index contributed by atoms with van der Waals surface area (Å²) in [5.41, 5.74) is -0.787. The van der Waals surface area contributed by atoms with E-state index >= 15 is 0 Å². The van der Waals surface area contributed by atoms with Gasteiger partial charge in [-0.15, -0.1) is 0 Å². The van der Waals surface area contributed by atoms with Crippen LogP contribution in [0.3, 0.4) is 0 Å². The smallest absolute Gasteiger partial charge is 0.314 e. The van der Waals surface area contributed by atoms with Gasteiger partial charge in [0.1, 0.15) is 0 Å². The number of carbonyl (C=O) groups excluding carboxylic acids is 1. The number of ether oxygens (including phenoxy) is 1. The Morgan fingerprint density at radius 1 is 1.67 bits per heavy atom. The van der Waals surface area contributed by atoms with Crippen molar-refractivity contribution in [1.82, 2.24) is 0 Å². The Morgan fingerprint density at radius 2 is 2.33 bits per heavy atom. The number of aliphatic hydroxyl groups is 2. The summed E-state index contributed by atoms with van der Waals surface area (Å²) in [7, 11) is 0. The minimum Gasteiger partial charge on any atom is -0.465 e. The first-order valence-corrected chi connectivity index (χ1v) is 4.10. The Bertz CT molecular complexity index is 180. The number of hydrogen-bond donors (Lipinski definition) is 2. The molecule has 2 atom stereocenters. The summed E-state index contributed by atoms with van der Waals surface area (Å²) < 4.78 is 4.78. The molecule has 0 bridgehead atoms. The Balaban J connectivity index is 2.53. The Hall–Kier alpha value is -0.610. The fraction of sp³-hybridized carbons (Fsp3) is 0.875. The molecule has 2 N–H and O–H groups in total. The van der Waals surface area contributed by atoms with Gasteiger partial charge in [-0.2, -0.15) is 0 Å². The number of aliphatic hydroxyl groups excluding tert-OH is 2. The second-order valence-electron chi connectivity index (χ2n) is 3.12. The quantitative estimate of drug-likeness (QED) is 0.566. The van der Waals surface area contributed by atoms with E-state index in [1.165, 1.54) is 0 Å². The molecular formula is C8H14O4. The van der Waals surface area contributed by atoms with Crippen LogP contribution in [-0.2, 0) is 9.53 Å². The van der Waals surface area contributed by atoms with E-state index in [9.17, 15) is 4.79 Å². The topological polar surface area (TPSA) is 66.8 Å². The van der Waals surface area contributed by atoms with E-state index in [1.54, 1.807) is 6.92 Å². The van der Waals surface area contributed by atoms with Crippen molar-refractivity contribution >= 4 is 5.97 Å². The van der Waals surface area contributed by atoms with Gasteiger partial charge in [0.2, 0.25) is 0 Å². The molecule has 1 rings (SSSR count). The van der Waals surface area contributed by atoms with Gasteiger partial charge in [0, 0.05) is 12.5 Å². The SMILES string of the molecule is CCOC(=O)C1(CO)CC1CO.